The fourth-order valence-electron chi connectivity index (χ4n) is 6.13. The second kappa shape index (κ2) is 34.9. The Hall–Kier alpha value is -2.91. The summed E-state index contributed by atoms with van der Waals surface area (Å²) in [6, 6.07) is 0. The molecule has 0 aliphatic carbocycles. The van der Waals surface area contributed by atoms with Crippen LogP contribution in [-0.2, 0) is 38.7 Å². The zero-order valence-corrected chi connectivity index (χ0v) is 35.9. The van der Waals surface area contributed by atoms with Crippen LogP contribution in [-0.4, -0.2) is 96.0 Å². The third-order valence-electron chi connectivity index (χ3n) is 9.47. The number of allylic oxidation sites excluding steroid dienone is 11. The molecule has 4 N–H and O–H groups in total. The minimum atomic E-state index is -4.62. The van der Waals surface area contributed by atoms with Crippen LogP contribution in [0, 0.1) is 0 Å². The molecule has 6 atom stereocenters. The van der Waals surface area contributed by atoms with Crippen LogP contribution < -0.4 is 0 Å². The van der Waals surface area contributed by atoms with E-state index >= 15 is 0 Å². The molecule has 1 aliphatic heterocycles. The Labute approximate surface area is 348 Å². The monoisotopic (exact) mass is 838 g/mol. The van der Waals surface area contributed by atoms with Crippen molar-refractivity contribution in [2.45, 2.75) is 179 Å². The molecule has 332 valence electrons. The van der Waals surface area contributed by atoms with Crippen LogP contribution in [0.25, 0.3) is 0 Å². The quantitative estimate of drug-likeness (QED) is 0.0160. The molecule has 1 heterocycles. The third kappa shape index (κ3) is 29.3. The minimum absolute atomic E-state index is 0.115. The van der Waals surface area contributed by atoms with Crippen molar-refractivity contribution in [3.63, 3.8) is 0 Å². The third-order valence-corrected chi connectivity index (χ3v) is 10.2. The molecular weight excluding hydrogens is 765 g/mol. The standard InChI is InChI=1S/C45H74O12S/c1-3-5-7-9-11-13-15-17-19-21-23-25-27-29-31-33-40(46)54-35-38(36-55-45-44(50)43(49)42(48)39(57-45)37-58(51,52)53)56-41(47)34-32-30-28-26-24-22-20-18-16-14-12-10-8-6-4-2/h6,8,10,12,14,16,18,20,27,29,31,33,38-39,42-45,48-50H,3-5,7,9,11,13,15,17,19,21-26,28,30,32,34-37H2,1-2H3,(H,51,52,53)/b8-6+,12-10+,16-14+,20-18+,29-27+,33-31+/t38-,39-,42-,43?,44?,45+/m1/s1. The average molecular weight is 839 g/mol. The van der Waals surface area contributed by atoms with Gasteiger partial charge in [-0.05, 0) is 38.5 Å². The molecule has 0 bridgehead atoms. The molecule has 1 rings (SSSR count). The van der Waals surface area contributed by atoms with Crippen molar-refractivity contribution in [3.05, 3.63) is 72.9 Å². The highest BCUT2D eigenvalue weighted by atomic mass is 32.2. The molecule has 13 heteroatoms. The van der Waals surface area contributed by atoms with E-state index in [9.17, 15) is 37.9 Å². The SMILES string of the molecule is CC/C=C/C=C/C=C/C=C/CCCCCCCC(=O)O[C@H](COC(=O)/C=C/C=C/CCCCCCCCCCCCC)CO[C@H]1O[C@H](CS(=O)(=O)O)[C@@H](O)C(O)C1O. The maximum atomic E-state index is 12.8. The van der Waals surface area contributed by atoms with E-state index in [4.69, 9.17) is 18.9 Å². The van der Waals surface area contributed by atoms with Gasteiger partial charge in [-0.1, -0.05) is 164 Å². The number of unbranched alkanes of at least 4 members (excludes halogenated alkanes) is 16. The number of carbonyl (C=O) groups excluding carboxylic acids is 2. The van der Waals surface area contributed by atoms with E-state index in [0.717, 1.165) is 51.4 Å². The smallest absolute Gasteiger partial charge is 0.330 e. The van der Waals surface area contributed by atoms with E-state index in [1.165, 1.54) is 70.3 Å². The van der Waals surface area contributed by atoms with Gasteiger partial charge in [0.25, 0.3) is 10.1 Å². The van der Waals surface area contributed by atoms with Crippen molar-refractivity contribution < 1.29 is 56.8 Å². The summed E-state index contributed by atoms with van der Waals surface area (Å²) in [4.78, 5) is 25.2. The number of aliphatic hydroxyl groups is 3. The first-order valence-corrected chi connectivity index (χ1v) is 23.2. The van der Waals surface area contributed by atoms with Gasteiger partial charge in [0.1, 0.15) is 36.8 Å². The molecule has 1 aliphatic rings. The highest BCUT2D eigenvalue weighted by Crippen LogP contribution is 2.24. The summed E-state index contributed by atoms with van der Waals surface area (Å²) in [5.41, 5.74) is 0. The lowest BCUT2D eigenvalue weighted by Gasteiger charge is -2.40. The van der Waals surface area contributed by atoms with Crippen molar-refractivity contribution in [3.8, 4) is 0 Å². The topological polar surface area (TPSA) is 186 Å². The number of hydrogen-bond acceptors (Lipinski definition) is 11. The van der Waals surface area contributed by atoms with Gasteiger partial charge in [-0.25, -0.2) is 4.79 Å². The van der Waals surface area contributed by atoms with E-state index in [-0.39, 0.29) is 6.42 Å². The summed E-state index contributed by atoms with van der Waals surface area (Å²) in [6.45, 7) is 3.47. The molecule has 0 aromatic heterocycles. The van der Waals surface area contributed by atoms with Crippen LogP contribution >= 0.6 is 0 Å². The molecule has 0 aromatic rings. The summed E-state index contributed by atoms with van der Waals surface area (Å²) in [6.07, 6.45) is 34.4. The average Bonchev–Trinajstić information content (AvgIpc) is 3.18. The molecule has 0 saturated carbocycles. The zero-order chi connectivity index (χ0) is 42.7. The van der Waals surface area contributed by atoms with E-state index in [1.54, 1.807) is 12.2 Å². The molecular formula is C45H74O12S. The van der Waals surface area contributed by atoms with E-state index in [0.29, 0.717) is 6.42 Å². The van der Waals surface area contributed by atoms with Crippen LogP contribution in [0.5, 0.6) is 0 Å². The van der Waals surface area contributed by atoms with Crippen molar-refractivity contribution in [1.82, 2.24) is 0 Å². The number of rotatable bonds is 34. The van der Waals surface area contributed by atoms with Crippen LogP contribution in [0.3, 0.4) is 0 Å². The van der Waals surface area contributed by atoms with Crippen molar-refractivity contribution in [2.24, 2.45) is 0 Å². The van der Waals surface area contributed by atoms with Crippen LogP contribution in [0.2, 0.25) is 0 Å². The fraction of sp³-hybridized carbons (Fsp3) is 0.689. The molecule has 58 heavy (non-hydrogen) atoms. The van der Waals surface area contributed by atoms with Gasteiger partial charge in [0.2, 0.25) is 0 Å². The molecule has 0 spiro atoms. The minimum Gasteiger partial charge on any atom is -0.458 e. The largest absolute Gasteiger partial charge is 0.458 e. The lowest BCUT2D eigenvalue weighted by molar-refractivity contribution is -0.297. The van der Waals surface area contributed by atoms with Crippen LogP contribution in [0.1, 0.15) is 142 Å². The van der Waals surface area contributed by atoms with Crippen molar-refractivity contribution >= 4 is 22.1 Å². The van der Waals surface area contributed by atoms with Gasteiger partial charge in [-0.15, -0.1) is 0 Å². The Morgan fingerprint density at radius 2 is 1.16 bits per heavy atom. The highest BCUT2D eigenvalue weighted by molar-refractivity contribution is 7.85. The highest BCUT2D eigenvalue weighted by Gasteiger charge is 2.46. The first kappa shape index (κ1) is 53.1. The Bertz CT molecular complexity index is 1350. The Morgan fingerprint density at radius 3 is 1.72 bits per heavy atom. The molecule has 1 fully saturated rings. The Kier molecular flexibility index (Phi) is 32.0. The lowest BCUT2D eigenvalue weighted by Crippen LogP contribution is -2.60. The predicted octanol–water partition coefficient (Wildman–Crippen LogP) is 8.33. The number of carbonyl (C=O) groups is 2. The first-order valence-electron chi connectivity index (χ1n) is 21.6. The number of aliphatic hydroxyl groups excluding tert-OH is 3. The molecule has 1 saturated heterocycles. The van der Waals surface area contributed by atoms with Gasteiger partial charge in [0, 0.05) is 12.5 Å². The summed E-state index contributed by atoms with van der Waals surface area (Å²) in [7, 11) is -4.62. The van der Waals surface area contributed by atoms with Gasteiger partial charge in [-0.2, -0.15) is 8.42 Å². The summed E-state index contributed by atoms with van der Waals surface area (Å²) >= 11 is 0. The van der Waals surface area contributed by atoms with E-state index in [2.05, 4.69) is 26.0 Å². The maximum Gasteiger partial charge on any atom is 0.330 e. The summed E-state index contributed by atoms with van der Waals surface area (Å²) < 4.78 is 53.8. The number of esters is 2. The van der Waals surface area contributed by atoms with Gasteiger partial charge in [-0.3, -0.25) is 9.35 Å². The van der Waals surface area contributed by atoms with Gasteiger partial charge in [0.05, 0.1) is 6.61 Å². The predicted molar refractivity (Wildman–Crippen MR) is 228 cm³/mol. The number of hydrogen-bond donors (Lipinski definition) is 4. The Morgan fingerprint density at radius 1 is 0.638 bits per heavy atom. The van der Waals surface area contributed by atoms with E-state index < -0.39 is 77.8 Å². The first-order chi connectivity index (χ1) is 28.0. The van der Waals surface area contributed by atoms with Crippen molar-refractivity contribution in [2.75, 3.05) is 19.0 Å². The molecule has 0 aromatic carbocycles. The lowest BCUT2D eigenvalue weighted by atomic mass is 10.00. The zero-order valence-electron chi connectivity index (χ0n) is 35.1. The summed E-state index contributed by atoms with van der Waals surface area (Å²) in [5, 5.41) is 30.8. The Balaban J connectivity index is 2.55. The number of ether oxygens (including phenoxy) is 4. The molecule has 2 unspecified atom stereocenters. The van der Waals surface area contributed by atoms with Crippen LogP contribution in [0.4, 0.5) is 0 Å². The molecule has 0 amide bonds. The van der Waals surface area contributed by atoms with Crippen LogP contribution in [0.15, 0.2) is 72.9 Å². The molecule has 0 radical (unpaired) electrons. The fourth-order valence-corrected chi connectivity index (χ4v) is 6.82. The van der Waals surface area contributed by atoms with Crippen molar-refractivity contribution in [1.29, 1.82) is 0 Å². The summed E-state index contributed by atoms with van der Waals surface area (Å²) in [5.74, 6) is -2.29. The second-order valence-corrected chi connectivity index (χ2v) is 16.3. The maximum absolute atomic E-state index is 12.8. The van der Waals surface area contributed by atoms with Gasteiger partial charge < -0.3 is 34.3 Å². The second-order valence-electron chi connectivity index (χ2n) is 14.8. The van der Waals surface area contributed by atoms with E-state index in [1.807, 2.05) is 42.5 Å². The van der Waals surface area contributed by atoms with Gasteiger partial charge >= 0.3 is 11.9 Å². The normalized spacial score (nSPS) is 21.1. The molecule has 12 nitrogen and oxygen atoms in total. The van der Waals surface area contributed by atoms with Gasteiger partial charge in [0.15, 0.2) is 12.4 Å².